The number of urea groups is 1. The van der Waals surface area contributed by atoms with Crippen LogP contribution in [0, 0.1) is 0 Å². The Labute approximate surface area is 326 Å². The number of nitrogens with zero attached hydrogens (tertiary/aromatic N) is 2. The number of rotatable bonds is 17. The Balaban J connectivity index is 1.37. The number of para-hydroxylation sites is 1. The molecular formula is C40H53ClN8O6. The van der Waals surface area contributed by atoms with Crippen LogP contribution in [0.3, 0.4) is 0 Å². The van der Waals surface area contributed by atoms with Gasteiger partial charge in [0.15, 0.2) is 0 Å². The van der Waals surface area contributed by atoms with Gasteiger partial charge in [0.05, 0.1) is 0 Å². The predicted molar refractivity (Wildman–Crippen MR) is 210 cm³/mol. The number of hydrogen-bond donors (Lipinski definition) is 6. The number of aromatic amines is 1. The second kappa shape index (κ2) is 20.5. The van der Waals surface area contributed by atoms with Crippen molar-refractivity contribution in [1.82, 2.24) is 36.1 Å². The largest absolute Gasteiger partial charge is 0.361 e. The first-order valence-corrected chi connectivity index (χ1v) is 19.9. The number of H-pyrrole nitrogens is 1. The summed E-state index contributed by atoms with van der Waals surface area (Å²) in [6.45, 7) is 1.71. The van der Waals surface area contributed by atoms with E-state index in [1.165, 1.54) is 4.90 Å². The molecule has 2 aliphatic rings. The van der Waals surface area contributed by atoms with E-state index in [4.69, 9.17) is 17.3 Å². The number of hydrogen-bond acceptors (Lipinski definition) is 6. The molecule has 2 fully saturated rings. The lowest BCUT2D eigenvalue weighted by molar-refractivity contribution is -0.145. The summed E-state index contributed by atoms with van der Waals surface area (Å²) in [6, 6.07) is 12.8. The molecule has 7 amide bonds. The first-order valence-electron chi connectivity index (χ1n) is 19.3. The van der Waals surface area contributed by atoms with Crippen LogP contribution >= 0.6 is 11.6 Å². The molecule has 2 saturated heterocycles. The maximum atomic E-state index is 14.3. The average Bonchev–Trinajstić information content (AvgIpc) is 3.62. The van der Waals surface area contributed by atoms with Gasteiger partial charge < -0.3 is 41.8 Å². The first kappa shape index (κ1) is 41.1. The highest BCUT2D eigenvalue weighted by Crippen LogP contribution is 2.23. The SMILES string of the molecule is NC(=O)NCCCC(NC(=O)C(Cc1c[nH]c2ccccc12)NC(=O)[C@@H]1CCCCN1C(=O)C(CCc1ccccc1)NC(=O)CCl)C(=O)N1CCCCC1. The number of alkyl halides is 1. The number of halogens is 1. The van der Waals surface area contributed by atoms with Crippen LogP contribution in [0.15, 0.2) is 60.8 Å². The molecule has 1 aromatic heterocycles. The molecule has 0 spiro atoms. The Hall–Kier alpha value is -5.11. The van der Waals surface area contributed by atoms with Gasteiger partial charge in [0.25, 0.3) is 0 Å². The van der Waals surface area contributed by atoms with Crippen LogP contribution in [-0.4, -0.2) is 107 Å². The third-order valence-electron chi connectivity index (χ3n) is 10.4. The molecule has 0 bridgehead atoms. The summed E-state index contributed by atoms with van der Waals surface area (Å²) in [5.41, 5.74) is 7.91. The zero-order valence-corrected chi connectivity index (χ0v) is 32.0. The molecule has 3 aromatic rings. The fourth-order valence-electron chi connectivity index (χ4n) is 7.49. The lowest BCUT2D eigenvalue weighted by atomic mass is 9.97. The van der Waals surface area contributed by atoms with Crippen LogP contribution in [0.5, 0.6) is 0 Å². The number of likely N-dealkylation sites (tertiary alicyclic amines) is 2. The maximum absolute atomic E-state index is 14.3. The summed E-state index contributed by atoms with van der Waals surface area (Å²) >= 11 is 5.83. The summed E-state index contributed by atoms with van der Waals surface area (Å²) in [4.78, 5) is 86.9. The van der Waals surface area contributed by atoms with Crippen molar-refractivity contribution >= 4 is 58.1 Å². The van der Waals surface area contributed by atoms with E-state index >= 15 is 0 Å². The number of primary amides is 1. The van der Waals surface area contributed by atoms with Gasteiger partial charge in [-0.05, 0) is 81.4 Å². The molecule has 3 unspecified atom stereocenters. The van der Waals surface area contributed by atoms with Gasteiger partial charge in [0, 0.05) is 49.7 Å². The fraction of sp³-hybridized carbons (Fsp3) is 0.500. The highest BCUT2D eigenvalue weighted by atomic mass is 35.5. The van der Waals surface area contributed by atoms with Gasteiger partial charge in [-0.3, -0.25) is 24.0 Å². The van der Waals surface area contributed by atoms with Crippen LogP contribution in [-0.2, 0) is 36.8 Å². The minimum Gasteiger partial charge on any atom is -0.361 e. The van der Waals surface area contributed by atoms with Crippen LogP contribution < -0.4 is 27.0 Å². The van der Waals surface area contributed by atoms with Gasteiger partial charge in [-0.15, -0.1) is 11.6 Å². The van der Waals surface area contributed by atoms with Crippen molar-refractivity contribution in [2.24, 2.45) is 5.73 Å². The van der Waals surface area contributed by atoms with Crippen molar-refractivity contribution in [3.05, 3.63) is 71.9 Å². The van der Waals surface area contributed by atoms with Crippen molar-refractivity contribution in [3.8, 4) is 0 Å². The molecule has 0 aliphatic carbocycles. The molecule has 55 heavy (non-hydrogen) atoms. The Morgan fingerprint density at radius 1 is 0.800 bits per heavy atom. The molecule has 14 nitrogen and oxygen atoms in total. The standard InChI is InChI=1S/C40H53ClN8O6/c41-25-35(50)45-32(19-18-27-12-3-1-4-13-27)39(54)49-23-10-7-17-34(49)37(52)47-33(24-28-26-44-30-15-6-5-14-29(28)30)36(51)46-31(16-11-20-43-40(42)55)38(53)48-21-8-2-9-22-48/h1,3-6,12-15,26,31-34,44H,2,7-11,16-25H2,(H,45,50)(H,46,51)(H,47,52)(H3,42,43,55)/t31?,32?,33?,34-/m0/s1. The first-order chi connectivity index (χ1) is 26.6. The smallest absolute Gasteiger partial charge is 0.312 e. The van der Waals surface area contributed by atoms with Crippen molar-refractivity contribution < 1.29 is 28.8 Å². The average molecular weight is 777 g/mol. The molecule has 7 N–H and O–H groups in total. The minimum absolute atomic E-state index is 0.113. The van der Waals surface area contributed by atoms with Gasteiger partial charge in [0.1, 0.15) is 30.0 Å². The lowest BCUT2D eigenvalue weighted by Crippen LogP contribution is -2.61. The number of benzene rings is 2. The van der Waals surface area contributed by atoms with Gasteiger partial charge in [0.2, 0.25) is 29.5 Å². The van der Waals surface area contributed by atoms with E-state index in [1.807, 2.05) is 54.6 Å². The number of fused-ring (bicyclic) bond motifs is 1. The van der Waals surface area contributed by atoms with E-state index < -0.39 is 47.9 Å². The molecular weight excluding hydrogens is 724 g/mol. The van der Waals surface area contributed by atoms with Gasteiger partial charge in [-0.1, -0.05) is 48.5 Å². The van der Waals surface area contributed by atoms with E-state index in [0.717, 1.165) is 41.3 Å². The van der Waals surface area contributed by atoms with Crippen LogP contribution in [0.1, 0.15) is 68.9 Å². The van der Waals surface area contributed by atoms with Crippen molar-refractivity contribution in [3.63, 3.8) is 0 Å². The topological polar surface area (TPSA) is 199 Å². The van der Waals surface area contributed by atoms with E-state index in [2.05, 4.69) is 26.3 Å². The molecule has 0 saturated carbocycles. The second-order valence-electron chi connectivity index (χ2n) is 14.3. The lowest BCUT2D eigenvalue weighted by Gasteiger charge is -2.38. The highest BCUT2D eigenvalue weighted by Gasteiger charge is 2.38. The Morgan fingerprint density at radius 2 is 1.51 bits per heavy atom. The normalized spacial score (nSPS) is 17.4. The van der Waals surface area contributed by atoms with Gasteiger partial charge in [-0.25, -0.2) is 4.79 Å². The number of carbonyl (C=O) groups is 6. The Morgan fingerprint density at radius 3 is 2.25 bits per heavy atom. The third kappa shape index (κ3) is 11.7. The molecule has 296 valence electrons. The monoisotopic (exact) mass is 776 g/mol. The predicted octanol–water partition coefficient (Wildman–Crippen LogP) is 2.88. The van der Waals surface area contributed by atoms with Gasteiger partial charge in [-0.2, -0.15) is 0 Å². The molecule has 0 radical (unpaired) electrons. The Bertz CT molecular complexity index is 1780. The van der Waals surface area contributed by atoms with Crippen LogP contribution in [0.25, 0.3) is 10.9 Å². The van der Waals surface area contributed by atoms with E-state index in [1.54, 1.807) is 11.1 Å². The zero-order chi connectivity index (χ0) is 39.2. The van der Waals surface area contributed by atoms with Crippen molar-refractivity contribution in [2.75, 3.05) is 32.1 Å². The van der Waals surface area contributed by atoms with Crippen LogP contribution in [0.2, 0.25) is 0 Å². The summed E-state index contributed by atoms with van der Waals surface area (Å²) in [7, 11) is 0. The molecule has 5 rings (SSSR count). The molecule has 2 aliphatic heterocycles. The maximum Gasteiger partial charge on any atom is 0.312 e. The molecule has 4 atom stereocenters. The number of piperidine rings is 2. The number of carbonyl (C=O) groups excluding carboxylic acids is 6. The highest BCUT2D eigenvalue weighted by molar-refractivity contribution is 6.27. The second-order valence-corrected chi connectivity index (χ2v) is 14.6. The molecule has 3 heterocycles. The summed E-state index contributed by atoms with van der Waals surface area (Å²) in [5.74, 6) is -2.44. The zero-order valence-electron chi connectivity index (χ0n) is 31.2. The number of amides is 7. The van der Waals surface area contributed by atoms with Gasteiger partial charge >= 0.3 is 6.03 Å². The fourth-order valence-corrected chi connectivity index (χ4v) is 7.57. The number of aromatic nitrogens is 1. The van der Waals surface area contributed by atoms with E-state index in [-0.39, 0.29) is 37.1 Å². The third-order valence-corrected chi connectivity index (χ3v) is 10.6. The molecule has 15 heteroatoms. The number of nitrogens with one attached hydrogen (secondary N) is 5. The summed E-state index contributed by atoms with van der Waals surface area (Å²) < 4.78 is 0. The van der Waals surface area contributed by atoms with E-state index in [0.29, 0.717) is 58.2 Å². The Kier molecular flexibility index (Phi) is 15.3. The number of aryl methyl sites for hydroxylation is 1. The van der Waals surface area contributed by atoms with Crippen molar-refractivity contribution in [2.45, 2.75) is 94.8 Å². The van der Waals surface area contributed by atoms with Crippen LogP contribution in [0.4, 0.5) is 4.79 Å². The minimum atomic E-state index is -1.10. The summed E-state index contributed by atoms with van der Waals surface area (Å²) in [5, 5.41) is 12.1. The van der Waals surface area contributed by atoms with E-state index in [9.17, 15) is 28.8 Å². The number of nitrogens with two attached hydrogens (primary N) is 1. The summed E-state index contributed by atoms with van der Waals surface area (Å²) in [6.07, 6.45) is 7.88. The molecule has 2 aromatic carbocycles. The quantitative estimate of drug-likeness (QED) is 0.0900. The van der Waals surface area contributed by atoms with Crippen molar-refractivity contribution in [1.29, 1.82) is 0 Å².